The van der Waals surface area contributed by atoms with Gasteiger partial charge >= 0.3 is 6.16 Å². The number of fused-ring (bicyclic) bond motifs is 1. The number of carbonyl (C=O) groups is 2. The Balaban J connectivity index is 1.69. The van der Waals surface area contributed by atoms with Crippen LogP contribution < -0.4 is 14.2 Å². The number of methoxy groups -OCH3 is 3. The second kappa shape index (κ2) is 9.89. The second-order valence-corrected chi connectivity index (χ2v) is 9.93. The molecule has 0 amide bonds. The number of ketones is 1. The molecule has 1 aliphatic rings. The van der Waals surface area contributed by atoms with E-state index < -0.39 is 17.3 Å². The lowest BCUT2D eigenvalue weighted by atomic mass is 9.90. The molecule has 3 heterocycles. The van der Waals surface area contributed by atoms with Crippen LogP contribution >= 0.6 is 0 Å². The van der Waals surface area contributed by atoms with Gasteiger partial charge in [0.05, 0.1) is 38.8 Å². The summed E-state index contributed by atoms with van der Waals surface area (Å²) < 4.78 is 21.6. The summed E-state index contributed by atoms with van der Waals surface area (Å²) >= 11 is 0. The number of aromatic nitrogens is 3. The standard InChI is InChI=1S/C26H32N4O7/c1-25(2,3)36-24(32)37-30-10-8-9-26(30,4)22(31)16-13-27-23-20(16)29-17(14-28-23)15-11-18(33-5)21(35-7)19(12-15)34-6/h11-14H,8-10H2,1-7H3,(H,27,28). The molecule has 1 aliphatic heterocycles. The van der Waals surface area contributed by atoms with E-state index in [1.54, 1.807) is 52.2 Å². The average molecular weight is 513 g/mol. The molecule has 1 atom stereocenters. The first-order valence-electron chi connectivity index (χ1n) is 11.9. The van der Waals surface area contributed by atoms with Gasteiger partial charge in [-0.2, -0.15) is 0 Å². The van der Waals surface area contributed by atoms with E-state index in [0.717, 1.165) is 0 Å². The second-order valence-electron chi connectivity index (χ2n) is 9.93. The van der Waals surface area contributed by atoms with Gasteiger partial charge in [-0.05, 0) is 52.7 Å². The van der Waals surface area contributed by atoms with Crippen molar-refractivity contribution < 1.29 is 33.4 Å². The number of Topliss-reactive ketones (excluding diaryl/α,β-unsaturated/α-hetero) is 1. The first-order valence-corrected chi connectivity index (χ1v) is 11.9. The van der Waals surface area contributed by atoms with Crippen LogP contribution in [0.4, 0.5) is 4.79 Å². The molecule has 1 fully saturated rings. The zero-order valence-electron chi connectivity index (χ0n) is 22.1. The lowest BCUT2D eigenvalue weighted by Crippen LogP contribution is -2.49. The van der Waals surface area contributed by atoms with Crippen molar-refractivity contribution >= 4 is 23.1 Å². The monoisotopic (exact) mass is 512 g/mol. The Morgan fingerprint density at radius 3 is 2.35 bits per heavy atom. The van der Waals surface area contributed by atoms with Crippen LogP contribution in [0.1, 0.15) is 50.9 Å². The van der Waals surface area contributed by atoms with E-state index in [9.17, 15) is 9.59 Å². The molecule has 1 unspecified atom stereocenters. The van der Waals surface area contributed by atoms with Crippen LogP contribution in [0.2, 0.25) is 0 Å². The zero-order valence-corrected chi connectivity index (χ0v) is 22.1. The van der Waals surface area contributed by atoms with Crippen molar-refractivity contribution in [2.24, 2.45) is 0 Å². The van der Waals surface area contributed by atoms with Crippen LogP contribution in [-0.4, -0.2) is 71.0 Å². The number of nitrogens with zero attached hydrogens (tertiary/aromatic N) is 3. The van der Waals surface area contributed by atoms with E-state index in [-0.39, 0.29) is 5.78 Å². The highest BCUT2D eigenvalue weighted by Gasteiger charge is 2.47. The van der Waals surface area contributed by atoms with Crippen molar-refractivity contribution in [1.82, 2.24) is 20.0 Å². The Bertz CT molecular complexity index is 1310. The first-order chi connectivity index (χ1) is 17.5. The van der Waals surface area contributed by atoms with Gasteiger partial charge in [0, 0.05) is 18.3 Å². The lowest BCUT2D eigenvalue weighted by Gasteiger charge is -2.32. The fraction of sp³-hybridized carbons (Fsp3) is 0.462. The molecule has 2 aromatic heterocycles. The van der Waals surface area contributed by atoms with Crippen LogP contribution in [0.3, 0.4) is 0 Å². The molecule has 0 bridgehead atoms. The van der Waals surface area contributed by atoms with Gasteiger partial charge in [0.1, 0.15) is 16.7 Å². The summed E-state index contributed by atoms with van der Waals surface area (Å²) in [6.07, 6.45) is 3.51. The molecular formula is C26H32N4O7. The molecule has 11 nitrogen and oxygen atoms in total. The van der Waals surface area contributed by atoms with Crippen molar-refractivity contribution in [3.8, 4) is 28.5 Å². The highest BCUT2D eigenvalue weighted by molar-refractivity contribution is 6.10. The predicted molar refractivity (Wildman–Crippen MR) is 135 cm³/mol. The molecule has 1 N–H and O–H groups in total. The minimum absolute atomic E-state index is 0.240. The number of nitrogens with one attached hydrogen (secondary N) is 1. The lowest BCUT2D eigenvalue weighted by molar-refractivity contribution is -0.164. The Morgan fingerprint density at radius 1 is 1.08 bits per heavy atom. The number of ether oxygens (including phenoxy) is 4. The smallest absolute Gasteiger partial charge is 0.493 e. The molecule has 1 saturated heterocycles. The number of rotatable bonds is 7. The summed E-state index contributed by atoms with van der Waals surface area (Å²) in [5.41, 5.74) is 0.592. The van der Waals surface area contributed by atoms with Gasteiger partial charge in [-0.25, -0.2) is 14.8 Å². The Kier molecular flexibility index (Phi) is 7.00. The molecule has 0 aliphatic carbocycles. The van der Waals surface area contributed by atoms with Crippen LogP contribution in [0, 0.1) is 0 Å². The number of hydroxylamine groups is 2. The van der Waals surface area contributed by atoms with Gasteiger partial charge in [0.2, 0.25) is 5.75 Å². The maximum Gasteiger partial charge on any atom is 0.528 e. The summed E-state index contributed by atoms with van der Waals surface area (Å²) in [6, 6.07) is 3.53. The van der Waals surface area contributed by atoms with Crippen molar-refractivity contribution in [1.29, 1.82) is 0 Å². The number of carbonyl (C=O) groups excluding carboxylic acids is 2. The highest BCUT2D eigenvalue weighted by Crippen LogP contribution is 2.41. The van der Waals surface area contributed by atoms with E-state index in [2.05, 4.69) is 9.97 Å². The minimum atomic E-state index is -1.09. The number of hydrogen-bond donors (Lipinski definition) is 1. The third-order valence-electron chi connectivity index (χ3n) is 6.22. The average Bonchev–Trinajstić information content (AvgIpc) is 3.44. The molecule has 37 heavy (non-hydrogen) atoms. The van der Waals surface area contributed by atoms with Gasteiger partial charge in [0.25, 0.3) is 0 Å². The van der Waals surface area contributed by atoms with Crippen molar-refractivity contribution in [2.75, 3.05) is 27.9 Å². The first kappa shape index (κ1) is 26.2. The van der Waals surface area contributed by atoms with E-state index >= 15 is 0 Å². The Hall–Kier alpha value is -3.86. The molecule has 0 saturated carbocycles. The van der Waals surface area contributed by atoms with Gasteiger partial charge in [-0.15, -0.1) is 5.06 Å². The molecule has 0 radical (unpaired) electrons. The molecule has 0 spiro atoms. The van der Waals surface area contributed by atoms with Gasteiger partial charge in [0.15, 0.2) is 22.9 Å². The van der Waals surface area contributed by atoms with Gasteiger partial charge in [-0.1, -0.05) is 0 Å². The molecular weight excluding hydrogens is 480 g/mol. The fourth-order valence-corrected chi connectivity index (χ4v) is 4.39. The normalized spacial score (nSPS) is 18.0. The summed E-state index contributed by atoms with van der Waals surface area (Å²) in [6.45, 7) is 7.41. The van der Waals surface area contributed by atoms with Crippen molar-refractivity contribution in [2.45, 2.75) is 51.7 Å². The third kappa shape index (κ3) is 5.04. The van der Waals surface area contributed by atoms with Gasteiger partial charge in [-0.3, -0.25) is 4.79 Å². The topological polar surface area (TPSA) is 125 Å². The van der Waals surface area contributed by atoms with Crippen LogP contribution in [0.5, 0.6) is 17.2 Å². The maximum absolute atomic E-state index is 13.8. The van der Waals surface area contributed by atoms with Crippen LogP contribution in [-0.2, 0) is 9.57 Å². The minimum Gasteiger partial charge on any atom is -0.493 e. The predicted octanol–water partition coefficient (Wildman–Crippen LogP) is 4.55. The van der Waals surface area contributed by atoms with E-state index in [0.29, 0.717) is 64.6 Å². The van der Waals surface area contributed by atoms with E-state index in [4.69, 9.17) is 28.8 Å². The molecule has 3 aromatic rings. The number of hydrogen-bond acceptors (Lipinski definition) is 10. The molecule has 4 rings (SSSR count). The van der Waals surface area contributed by atoms with Crippen molar-refractivity contribution in [3.05, 3.63) is 30.1 Å². The third-order valence-corrected chi connectivity index (χ3v) is 6.22. The zero-order chi connectivity index (χ0) is 27.0. The summed E-state index contributed by atoms with van der Waals surface area (Å²) in [4.78, 5) is 43.9. The number of H-pyrrole nitrogens is 1. The Labute approximate surface area is 215 Å². The number of aromatic amines is 1. The largest absolute Gasteiger partial charge is 0.528 e. The quantitative estimate of drug-likeness (QED) is 0.356. The van der Waals surface area contributed by atoms with Crippen LogP contribution in [0.25, 0.3) is 22.4 Å². The van der Waals surface area contributed by atoms with E-state index in [1.807, 2.05) is 0 Å². The molecule has 198 valence electrons. The SMILES string of the molecule is COc1cc(-c2cnc3[nH]cc(C(=O)C4(C)CCCN4OC(=O)OC(C)(C)C)c3n2)cc(OC)c1OC. The van der Waals surface area contributed by atoms with E-state index in [1.165, 1.54) is 26.4 Å². The fourth-order valence-electron chi connectivity index (χ4n) is 4.39. The summed E-state index contributed by atoms with van der Waals surface area (Å²) in [5.74, 6) is 1.16. The van der Waals surface area contributed by atoms with Gasteiger partial charge < -0.3 is 28.8 Å². The Morgan fingerprint density at radius 2 is 1.76 bits per heavy atom. The van der Waals surface area contributed by atoms with Crippen LogP contribution in [0.15, 0.2) is 24.5 Å². The maximum atomic E-state index is 13.8. The number of benzene rings is 1. The molecule has 1 aromatic carbocycles. The highest BCUT2D eigenvalue weighted by atomic mass is 16.8. The van der Waals surface area contributed by atoms with Crippen molar-refractivity contribution in [3.63, 3.8) is 0 Å². The summed E-state index contributed by atoms with van der Waals surface area (Å²) in [5, 5.41) is 1.40. The molecule has 11 heteroatoms. The summed E-state index contributed by atoms with van der Waals surface area (Å²) in [7, 11) is 4.60.